The number of alkyl halides is 3. The van der Waals surface area contributed by atoms with Gasteiger partial charge in [0.15, 0.2) is 0 Å². The van der Waals surface area contributed by atoms with E-state index < -0.39 is 40.6 Å². The Bertz CT molecular complexity index is 1480. The summed E-state index contributed by atoms with van der Waals surface area (Å²) in [6.45, 7) is 0. The van der Waals surface area contributed by atoms with Gasteiger partial charge in [-0.15, -0.1) is 0 Å². The Hall–Kier alpha value is -4.47. The molecule has 0 bridgehead atoms. The van der Waals surface area contributed by atoms with Crippen molar-refractivity contribution in [3.63, 3.8) is 0 Å². The van der Waals surface area contributed by atoms with Crippen LogP contribution in [0.4, 0.5) is 17.6 Å². The molecule has 3 aromatic carbocycles. The number of fused-ring (bicyclic) bond motifs is 1. The first-order chi connectivity index (χ1) is 16.2. The Morgan fingerprint density at radius 1 is 0.941 bits per heavy atom. The highest BCUT2D eigenvalue weighted by atomic mass is 19.4. The first-order valence-electron chi connectivity index (χ1n) is 9.81. The van der Waals surface area contributed by atoms with Gasteiger partial charge in [0.25, 0.3) is 11.5 Å². The van der Waals surface area contributed by atoms with Gasteiger partial charge in [0, 0.05) is 16.3 Å². The number of benzene rings is 3. The van der Waals surface area contributed by atoms with Crippen LogP contribution in [0, 0.1) is 5.82 Å². The van der Waals surface area contributed by atoms with E-state index in [0.717, 1.165) is 30.5 Å². The molecule has 1 aromatic heterocycles. The van der Waals surface area contributed by atoms with Crippen LogP contribution in [0.15, 0.2) is 82.7 Å². The largest absolute Gasteiger partial charge is 0.494 e. The summed E-state index contributed by atoms with van der Waals surface area (Å²) in [5, 5.41) is 14.9. The molecular formula is C24H15F4N3O3. The lowest BCUT2D eigenvalue weighted by molar-refractivity contribution is -0.137. The van der Waals surface area contributed by atoms with Crippen molar-refractivity contribution < 1.29 is 27.5 Å². The van der Waals surface area contributed by atoms with Gasteiger partial charge in [-0.25, -0.2) is 14.4 Å². The number of rotatable bonds is 4. The summed E-state index contributed by atoms with van der Waals surface area (Å²) in [5.41, 5.74) is -0.326. The third kappa shape index (κ3) is 4.25. The molecule has 0 aliphatic carbocycles. The summed E-state index contributed by atoms with van der Waals surface area (Å²) in [6.07, 6.45) is -3.77. The van der Waals surface area contributed by atoms with Crippen molar-refractivity contribution in [2.45, 2.75) is 6.18 Å². The average Bonchev–Trinajstić information content (AvgIpc) is 2.81. The fourth-order valence-electron chi connectivity index (χ4n) is 3.44. The maximum atomic E-state index is 13.6. The van der Waals surface area contributed by atoms with Crippen LogP contribution in [0.25, 0.3) is 16.5 Å². The van der Waals surface area contributed by atoms with Crippen LogP contribution in [0.5, 0.6) is 5.88 Å². The first-order valence-corrected chi connectivity index (χ1v) is 9.81. The molecule has 4 rings (SSSR count). The second-order valence-electron chi connectivity index (χ2n) is 7.14. The lowest BCUT2D eigenvalue weighted by Gasteiger charge is -2.18. The SMILES string of the molecule is O=C(NN=Cc1c(O)n(-c2ccccc2C(F)(F)F)c(=O)c2ccccc12)c1ccc(F)cc1. The number of para-hydroxylation sites is 1. The maximum absolute atomic E-state index is 13.6. The van der Waals surface area contributed by atoms with Crippen LogP contribution < -0.4 is 11.0 Å². The molecule has 0 saturated heterocycles. The third-order valence-electron chi connectivity index (χ3n) is 5.02. The number of pyridine rings is 1. The number of hydrogen-bond acceptors (Lipinski definition) is 4. The molecule has 34 heavy (non-hydrogen) atoms. The van der Waals surface area contributed by atoms with Gasteiger partial charge < -0.3 is 5.11 Å². The second kappa shape index (κ2) is 8.81. The minimum Gasteiger partial charge on any atom is -0.494 e. The van der Waals surface area contributed by atoms with Crippen molar-refractivity contribution in [2.24, 2.45) is 5.10 Å². The van der Waals surface area contributed by atoms with Gasteiger partial charge in [-0.2, -0.15) is 18.3 Å². The standard InChI is InChI=1S/C24H15F4N3O3/c25-15-11-9-14(10-12-15)21(32)30-29-13-18-16-5-1-2-6-17(16)22(33)31(23(18)34)20-8-4-3-7-19(20)24(26,27)28/h1-13,34H,(H,30,32). The van der Waals surface area contributed by atoms with Crippen LogP contribution in [0.2, 0.25) is 0 Å². The van der Waals surface area contributed by atoms with Gasteiger partial charge >= 0.3 is 6.18 Å². The maximum Gasteiger partial charge on any atom is 0.418 e. The van der Waals surface area contributed by atoms with Crippen molar-refractivity contribution in [3.8, 4) is 11.6 Å². The van der Waals surface area contributed by atoms with Crippen LogP contribution in [0.3, 0.4) is 0 Å². The molecule has 0 aliphatic heterocycles. The lowest BCUT2D eigenvalue weighted by atomic mass is 10.1. The van der Waals surface area contributed by atoms with Gasteiger partial charge in [0.05, 0.1) is 23.0 Å². The highest BCUT2D eigenvalue weighted by molar-refractivity contribution is 6.02. The van der Waals surface area contributed by atoms with E-state index in [1.807, 2.05) is 0 Å². The van der Waals surface area contributed by atoms with Crippen molar-refractivity contribution in [2.75, 3.05) is 0 Å². The second-order valence-corrected chi connectivity index (χ2v) is 7.14. The molecule has 0 saturated carbocycles. The molecule has 0 fully saturated rings. The number of aromatic nitrogens is 1. The Labute approximate surface area is 189 Å². The number of hydrogen-bond donors (Lipinski definition) is 2. The van der Waals surface area contributed by atoms with Crippen LogP contribution >= 0.6 is 0 Å². The molecule has 6 nitrogen and oxygen atoms in total. The van der Waals surface area contributed by atoms with E-state index in [1.165, 1.54) is 42.5 Å². The summed E-state index contributed by atoms with van der Waals surface area (Å²) in [4.78, 5) is 25.3. The van der Waals surface area contributed by atoms with E-state index in [2.05, 4.69) is 10.5 Å². The summed E-state index contributed by atoms with van der Waals surface area (Å²) in [6, 6.07) is 15.0. The van der Waals surface area contributed by atoms with Crippen LogP contribution in [-0.4, -0.2) is 21.8 Å². The number of amides is 1. The van der Waals surface area contributed by atoms with E-state index in [0.29, 0.717) is 4.57 Å². The molecule has 10 heteroatoms. The van der Waals surface area contributed by atoms with Crippen molar-refractivity contribution in [1.82, 2.24) is 9.99 Å². The average molecular weight is 469 g/mol. The molecule has 4 aromatic rings. The summed E-state index contributed by atoms with van der Waals surface area (Å²) >= 11 is 0. The van der Waals surface area contributed by atoms with Crippen molar-refractivity contribution in [1.29, 1.82) is 0 Å². The van der Waals surface area contributed by atoms with Crippen LogP contribution in [-0.2, 0) is 6.18 Å². The summed E-state index contributed by atoms with van der Waals surface area (Å²) < 4.78 is 54.4. The zero-order chi connectivity index (χ0) is 24.5. The van der Waals surface area contributed by atoms with E-state index in [9.17, 15) is 32.3 Å². The smallest absolute Gasteiger partial charge is 0.418 e. The zero-order valence-electron chi connectivity index (χ0n) is 17.2. The number of nitrogens with one attached hydrogen (secondary N) is 1. The zero-order valence-corrected chi connectivity index (χ0v) is 17.2. The normalized spacial score (nSPS) is 11.8. The van der Waals surface area contributed by atoms with Gasteiger partial charge in [0.2, 0.25) is 5.88 Å². The monoisotopic (exact) mass is 469 g/mol. The Kier molecular flexibility index (Phi) is 5.89. The highest BCUT2D eigenvalue weighted by Crippen LogP contribution is 2.35. The Balaban J connectivity index is 1.84. The van der Waals surface area contributed by atoms with Crippen molar-refractivity contribution >= 4 is 22.9 Å². The molecule has 0 radical (unpaired) electrons. The van der Waals surface area contributed by atoms with Gasteiger partial charge in [-0.1, -0.05) is 30.3 Å². The highest BCUT2D eigenvalue weighted by Gasteiger charge is 2.34. The first kappa shape index (κ1) is 22.7. The molecule has 1 amide bonds. The number of carbonyl (C=O) groups excluding carboxylic acids is 1. The van der Waals surface area contributed by atoms with Gasteiger partial charge in [-0.3, -0.25) is 9.59 Å². The molecule has 2 N–H and O–H groups in total. The van der Waals surface area contributed by atoms with Crippen molar-refractivity contribution in [3.05, 3.63) is 106 Å². The molecule has 0 unspecified atom stereocenters. The Morgan fingerprint density at radius 2 is 1.56 bits per heavy atom. The molecule has 172 valence electrons. The fourth-order valence-corrected chi connectivity index (χ4v) is 3.44. The van der Waals surface area contributed by atoms with E-state index in [1.54, 1.807) is 6.07 Å². The number of nitrogens with zero attached hydrogens (tertiary/aromatic N) is 2. The van der Waals surface area contributed by atoms with E-state index in [-0.39, 0.29) is 21.9 Å². The third-order valence-corrected chi connectivity index (χ3v) is 5.02. The van der Waals surface area contributed by atoms with Gasteiger partial charge in [0.1, 0.15) is 5.82 Å². The molecule has 0 atom stereocenters. The number of halogens is 4. The minimum atomic E-state index is -4.79. The fraction of sp³-hybridized carbons (Fsp3) is 0.0417. The topological polar surface area (TPSA) is 83.7 Å². The predicted molar refractivity (Wildman–Crippen MR) is 118 cm³/mol. The van der Waals surface area contributed by atoms with E-state index >= 15 is 0 Å². The quantitative estimate of drug-likeness (QED) is 0.260. The summed E-state index contributed by atoms with van der Waals surface area (Å²) in [7, 11) is 0. The van der Waals surface area contributed by atoms with Gasteiger partial charge in [-0.05, 0) is 42.5 Å². The summed E-state index contributed by atoms with van der Waals surface area (Å²) in [5.74, 6) is -2.01. The molecular weight excluding hydrogens is 454 g/mol. The number of carbonyl (C=O) groups is 1. The predicted octanol–water partition coefficient (Wildman–Crippen LogP) is 4.62. The Morgan fingerprint density at radius 3 is 2.24 bits per heavy atom. The molecule has 0 aliphatic rings. The molecule has 1 heterocycles. The minimum absolute atomic E-state index is 0.0311. The number of aromatic hydroxyl groups is 1. The van der Waals surface area contributed by atoms with E-state index in [4.69, 9.17) is 0 Å². The lowest BCUT2D eigenvalue weighted by Crippen LogP contribution is -2.23. The molecule has 0 spiro atoms. The van der Waals surface area contributed by atoms with Crippen LogP contribution in [0.1, 0.15) is 21.5 Å². The number of hydrazone groups is 1.